The molecule has 0 saturated heterocycles. The van der Waals surface area contributed by atoms with Crippen LogP contribution in [0.3, 0.4) is 0 Å². The first-order valence-electron chi connectivity index (χ1n) is 10.3. The molecule has 1 atom stereocenters. The van der Waals surface area contributed by atoms with Crippen LogP contribution in [0.4, 0.5) is 5.82 Å². The number of aromatic amines is 1. The number of H-pyrrole nitrogens is 1. The zero-order valence-corrected chi connectivity index (χ0v) is 16.9. The zero-order chi connectivity index (χ0) is 20.2. The third kappa shape index (κ3) is 4.00. The summed E-state index contributed by atoms with van der Waals surface area (Å²) in [5.41, 5.74) is 2.96. The van der Waals surface area contributed by atoms with E-state index < -0.39 is 0 Å². The third-order valence-corrected chi connectivity index (χ3v) is 5.28. The van der Waals surface area contributed by atoms with Gasteiger partial charge in [-0.15, -0.1) is 0 Å². The summed E-state index contributed by atoms with van der Waals surface area (Å²) in [5, 5.41) is 7.59. The van der Waals surface area contributed by atoms with Gasteiger partial charge in [0.25, 0.3) is 0 Å². The minimum atomic E-state index is -0.290. The zero-order valence-electron chi connectivity index (χ0n) is 16.9. The lowest BCUT2D eigenvalue weighted by Gasteiger charge is -2.24. The van der Waals surface area contributed by atoms with Gasteiger partial charge in [-0.2, -0.15) is 9.78 Å². The number of nitrogens with one attached hydrogen (secondary N) is 2. The van der Waals surface area contributed by atoms with Gasteiger partial charge >= 0.3 is 0 Å². The Bertz CT molecular complexity index is 994. The van der Waals surface area contributed by atoms with E-state index in [1.54, 1.807) is 11.0 Å². The number of anilines is 1. The Hall–Kier alpha value is -2.81. The number of nitrogens with zero attached hydrogens (tertiary/aromatic N) is 5. The number of carbonyl (C=O) groups is 1. The fourth-order valence-electron chi connectivity index (χ4n) is 3.81. The SMILES string of the molecule is CCCCCCCCOC1CC(=O)Nc2c1c(C)nn2-c1ncnc2nc[nH]c12. The number of carbonyl (C=O) groups excluding carboxylic acids is 1. The third-order valence-electron chi connectivity index (χ3n) is 5.28. The van der Waals surface area contributed by atoms with Crippen molar-refractivity contribution in [3.8, 4) is 5.82 Å². The number of ether oxygens (including phenoxy) is 1. The van der Waals surface area contributed by atoms with Gasteiger partial charge in [0.2, 0.25) is 5.91 Å². The van der Waals surface area contributed by atoms with Crippen molar-refractivity contribution in [1.29, 1.82) is 0 Å². The number of hydrogen-bond donors (Lipinski definition) is 2. The van der Waals surface area contributed by atoms with Crippen molar-refractivity contribution in [3.63, 3.8) is 0 Å². The lowest BCUT2D eigenvalue weighted by atomic mass is 10.0. The van der Waals surface area contributed by atoms with E-state index in [9.17, 15) is 4.79 Å². The maximum atomic E-state index is 12.4. The van der Waals surface area contributed by atoms with Gasteiger partial charge in [-0.05, 0) is 13.3 Å². The Morgan fingerprint density at radius 1 is 1.17 bits per heavy atom. The molecule has 0 aromatic carbocycles. The van der Waals surface area contributed by atoms with Gasteiger partial charge in [-0.3, -0.25) is 4.79 Å². The maximum Gasteiger partial charge on any atom is 0.228 e. The number of hydrogen-bond acceptors (Lipinski definition) is 6. The van der Waals surface area contributed by atoms with Crippen LogP contribution >= 0.6 is 0 Å². The Labute approximate surface area is 169 Å². The minimum absolute atomic E-state index is 0.0819. The molecular formula is C20H27N7O2. The first-order chi connectivity index (χ1) is 14.2. The highest BCUT2D eigenvalue weighted by Crippen LogP contribution is 2.37. The Balaban J connectivity index is 1.53. The molecule has 1 aliphatic rings. The van der Waals surface area contributed by atoms with Crippen LogP contribution in [0.1, 0.15) is 69.2 Å². The van der Waals surface area contributed by atoms with E-state index >= 15 is 0 Å². The average molecular weight is 397 g/mol. The number of rotatable bonds is 9. The Morgan fingerprint density at radius 2 is 2.00 bits per heavy atom. The van der Waals surface area contributed by atoms with Crippen molar-refractivity contribution in [3.05, 3.63) is 23.9 Å². The van der Waals surface area contributed by atoms with Gasteiger partial charge in [-0.1, -0.05) is 39.0 Å². The maximum absolute atomic E-state index is 12.4. The molecule has 3 aromatic rings. The summed E-state index contributed by atoms with van der Waals surface area (Å²) in [6.45, 7) is 4.79. The van der Waals surface area contributed by atoms with Crippen LogP contribution in [0.25, 0.3) is 17.0 Å². The van der Waals surface area contributed by atoms with E-state index in [4.69, 9.17) is 4.74 Å². The predicted molar refractivity (Wildman–Crippen MR) is 109 cm³/mol. The van der Waals surface area contributed by atoms with Crippen LogP contribution in [0.5, 0.6) is 0 Å². The highest BCUT2D eigenvalue weighted by atomic mass is 16.5. The van der Waals surface area contributed by atoms with E-state index in [2.05, 4.69) is 37.3 Å². The summed E-state index contributed by atoms with van der Waals surface area (Å²) < 4.78 is 7.77. The summed E-state index contributed by atoms with van der Waals surface area (Å²) in [6, 6.07) is 0. The minimum Gasteiger partial charge on any atom is -0.373 e. The summed E-state index contributed by atoms with van der Waals surface area (Å²) in [4.78, 5) is 28.1. The van der Waals surface area contributed by atoms with Crippen molar-refractivity contribution in [2.24, 2.45) is 0 Å². The quantitative estimate of drug-likeness (QED) is 0.534. The second-order valence-corrected chi connectivity index (χ2v) is 7.44. The highest BCUT2D eigenvalue weighted by molar-refractivity contribution is 5.94. The van der Waals surface area contributed by atoms with Crippen LogP contribution in [0.2, 0.25) is 0 Å². The first kappa shape index (κ1) is 19.5. The fraction of sp³-hybridized carbons (Fsp3) is 0.550. The molecule has 0 fully saturated rings. The molecule has 9 heteroatoms. The summed E-state index contributed by atoms with van der Waals surface area (Å²) in [6.07, 6.45) is 10.2. The molecule has 3 aromatic heterocycles. The monoisotopic (exact) mass is 397 g/mol. The first-order valence-corrected chi connectivity index (χ1v) is 10.3. The molecule has 0 spiro atoms. The standard InChI is InChI=1S/C20H27N7O2/c1-3-4-5-6-7-8-9-29-14-10-15(28)25-19-16(14)13(2)26-27(19)20-17-18(22-11-21-17)23-12-24-20/h11-12,14H,3-10H2,1-2H3,(H,25,28)(H,21,22,23,24). The topological polar surface area (TPSA) is 111 Å². The van der Waals surface area contributed by atoms with Crippen molar-refractivity contribution >= 4 is 22.9 Å². The molecule has 0 bridgehead atoms. The molecular weight excluding hydrogens is 370 g/mol. The van der Waals surface area contributed by atoms with Gasteiger partial charge in [0.05, 0.1) is 24.5 Å². The van der Waals surface area contributed by atoms with Crippen LogP contribution in [0, 0.1) is 6.92 Å². The molecule has 0 saturated carbocycles. The number of aromatic nitrogens is 6. The number of imidazole rings is 1. The highest BCUT2D eigenvalue weighted by Gasteiger charge is 2.33. The van der Waals surface area contributed by atoms with E-state index in [0.717, 1.165) is 24.1 Å². The van der Waals surface area contributed by atoms with Crippen molar-refractivity contribution < 1.29 is 9.53 Å². The predicted octanol–water partition coefficient (Wildman–Crippen LogP) is 3.61. The Kier molecular flexibility index (Phi) is 5.84. The van der Waals surface area contributed by atoms with Gasteiger partial charge in [-0.25, -0.2) is 15.0 Å². The van der Waals surface area contributed by atoms with Gasteiger partial charge < -0.3 is 15.0 Å². The summed E-state index contributed by atoms with van der Waals surface area (Å²) >= 11 is 0. The number of aryl methyl sites for hydroxylation is 1. The van der Waals surface area contributed by atoms with Crippen LogP contribution in [-0.2, 0) is 9.53 Å². The van der Waals surface area contributed by atoms with E-state index in [-0.39, 0.29) is 12.0 Å². The molecule has 154 valence electrons. The average Bonchev–Trinajstić information content (AvgIpc) is 3.31. The normalized spacial score (nSPS) is 16.2. The van der Waals surface area contributed by atoms with Crippen molar-refractivity contribution in [2.75, 3.05) is 11.9 Å². The molecule has 1 amide bonds. The van der Waals surface area contributed by atoms with E-state index in [1.807, 2.05) is 6.92 Å². The van der Waals surface area contributed by atoms with Crippen molar-refractivity contribution in [1.82, 2.24) is 29.7 Å². The molecule has 0 aliphatic carbocycles. The second kappa shape index (κ2) is 8.69. The fourth-order valence-corrected chi connectivity index (χ4v) is 3.81. The largest absolute Gasteiger partial charge is 0.373 e. The van der Waals surface area contributed by atoms with Gasteiger partial charge in [0, 0.05) is 12.2 Å². The van der Waals surface area contributed by atoms with Gasteiger partial charge in [0.1, 0.15) is 17.7 Å². The molecule has 1 unspecified atom stereocenters. The van der Waals surface area contributed by atoms with Crippen LogP contribution < -0.4 is 5.32 Å². The summed E-state index contributed by atoms with van der Waals surface area (Å²) in [5.74, 6) is 1.08. The Morgan fingerprint density at radius 3 is 2.86 bits per heavy atom. The second-order valence-electron chi connectivity index (χ2n) is 7.44. The molecule has 4 heterocycles. The number of amides is 1. The summed E-state index contributed by atoms with van der Waals surface area (Å²) in [7, 11) is 0. The van der Waals surface area contributed by atoms with Crippen LogP contribution in [-0.4, -0.2) is 42.2 Å². The van der Waals surface area contributed by atoms with E-state index in [1.165, 1.54) is 32.0 Å². The number of unbranched alkanes of at least 4 members (excludes halogenated alkanes) is 5. The lowest BCUT2D eigenvalue weighted by Crippen LogP contribution is -2.26. The van der Waals surface area contributed by atoms with E-state index in [0.29, 0.717) is 35.8 Å². The molecule has 1 aliphatic heterocycles. The molecule has 2 N–H and O–H groups in total. The smallest absolute Gasteiger partial charge is 0.228 e. The molecule has 9 nitrogen and oxygen atoms in total. The van der Waals surface area contributed by atoms with Crippen molar-refractivity contribution in [2.45, 2.75) is 64.9 Å². The number of fused-ring (bicyclic) bond motifs is 2. The molecule has 29 heavy (non-hydrogen) atoms. The molecule has 0 radical (unpaired) electrons. The lowest BCUT2D eigenvalue weighted by molar-refractivity contribution is -0.119. The molecule has 4 rings (SSSR count). The van der Waals surface area contributed by atoms with Gasteiger partial charge in [0.15, 0.2) is 11.5 Å². The van der Waals surface area contributed by atoms with Crippen LogP contribution in [0.15, 0.2) is 12.7 Å².